The van der Waals surface area contributed by atoms with Gasteiger partial charge in [-0.2, -0.15) is 0 Å². The van der Waals surface area contributed by atoms with E-state index in [4.69, 9.17) is 5.73 Å². The third-order valence-corrected chi connectivity index (χ3v) is 3.81. The summed E-state index contributed by atoms with van der Waals surface area (Å²) in [4.78, 5) is 4.69. The molecule has 3 nitrogen and oxygen atoms in total. The summed E-state index contributed by atoms with van der Waals surface area (Å²) < 4.78 is 3.24. The Balaban J connectivity index is 2.38. The van der Waals surface area contributed by atoms with Crippen molar-refractivity contribution in [3.63, 3.8) is 0 Å². The van der Waals surface area contributed by atoms with E-state index in [-0.39, 0.29) is 0 Å². The predicted octanol–water partition coefficient (Wildman–Crippen LogP) is 2.86. The molecule has 0 radical (unpaired) electrons. The number of halogens is 1. The number of imidazole rings is 1. The number of nitrogens with zero attached hydrogens (tertiary/aromatic N) is 2. The molecule has 0 aliphatic rings. The van der Waals surface area contributed by atoms with Gasteiger partial charge in [-0.05, 0) is 30.7 Å². The quantitative estimate of drug-likeness (QED) is 0.943. The van der Waals surface area contributed by atoms with Crippen LogP contribution in [0, 0.1) is 5.92 Å². The highest BCUT2D eigenvalue weighted by Crippen LogP contribution is 2.21. The van der Waals surface area contributed by atoms with Gasteiger partial charge in [-0.15, -0.1) is 0 Å². The Morgan fingerprint density at radius 1 is 1.47 bits per heavy atom. The molecule has 0 aliphatic heterocycles. The van der Waals surface area contributed by atoms with Crippen LogP contribution in [0.25, 0.3) is 11.0 Å². The van der Waals surface area contributed by atoms with Gasteiger partial charge in [0.2, 0.25) is 0 Å². The predicted molar refractivity (Wildman–Crippen MR) is 75.0 cm³/mol. The first-order valence-corrected chi connectivity index (χ1v) is 6.76. The zero-order valence-electron chi connectivity index (χ0n) is 10.3. The second-order valence-corrected chi connectivity index (χ2v) is 5.35. The summed E-state index contributed by atoms with van der Waals surface area (Å²) >= 11 is 3.48. The summed E-state index contributed by atoms with van der Waals surface area (Å²) in [6.45, 7) is 2.90. The summed E-state index contributed by atoms with van der Waals surface area (Å²) in [6, 6.07) is 6.20. The van der Waals surface area contributed by atoms with Crippen LogP contribution in [-0.4, -0.2) is 16.1 Å². The maximum atomic E-state index is 5.76. The van der Waals surface area contributed by atoms with Gasteiger partial charge in [0.05, 0.1) is 11.0 Å². The highest BCUT2D eigenvalue weighted by molar-refractivity contribution is 9.10. The monoisotopic (exact) mass is 295 g/mol. The lowest BCUT2D eigenvalue weighted by Crippen LogP contribution is -2.17. The normalized spacial score (nSPS) is 13.2. The molecule has 1 aromatic carbocycles. The maximum Gasteiger partial charge on any atom is 0.109 e. The minimum atomic E-state index is 0.522. The molecular formula is C13H18BrN3. The smallest absolute Gasteiger partial charge is 0.109 e. The topological polar surface area (TPSA) is 43.8 Å². The molecule has 2 rings (SSSR count). The average Bonchev–Trinajstić information content (AvgIpc) is 2.62. The van der Waals surface area contributed by atoms with E-state index in [1.165, 1.54) is 5.52 Å². The molecule has 2 N–H and O–H groups in total. The van der Waals surface area contributed by atoms with Crippen molar-refractivity contribution < 1.29 is 0 Å². The Morgan fingerprint density at radius 3 is 2.88 bits per heavy atom. The van der Waals surface area contributed by atoms with Gasteiger partial charge < -0.3 is 10.3 Å². The lowest BCUT2D eigenvalue weighted by Gasteiger charge is -2.11. The molecule has 1 atom stereocenters. The summed E-state index contributed by atoms with van der Waals surface area (Å²) in [5.41, 5.74) is 7.98. The standard InChI is InChI=1S/C13H18BrN3/c1-3-9(8-15)6-13-16-11-7-10(14)4-5-12(11)17(13)2/h4-5,7,9H,3,6,8,15H2,1-2H3. The largest absolute Gasteiger partial charge is 0.331 e. The molecule has 92 valence electrons. The maximum absolute atomic E-state index is 5.76. The Labute approximate surface area is 110 Å². The highest BCUT2D eigenvalue weighted by atomic mass is 79.9. The minimum Gasteiger partial charge on any atom is -0.331 e. The number of nitrogens with two attached hydrogens (primary N) is 1. The van der Waals surface area contributed by atoms with Crippen molar-refractivity contribution >= 4 is 27.0 Å². The van der Waals surface area contributed by atoms with Crippen LogP contribution in [0.5, 0.6) is 0 Å². The first-order chi connectivity index (χ1) is 8.15. The van der Waals surface area contributed by atoms with E-state index in [1.54, 1.807) is 0 Å². The molecule has 2 aromatic rings. The molecule has 0 fully saturated rings. The van der Waals surface area contributed by atoms with Gasteiger partial charge in [-0.1, -0.05) is 29.3 Å². The third-order valence-electron chi connectivity index (χ3n) is 3.32. The van der Waals surface area contributed by atoms with Crippen molar-refractivity contribution in [3.8, 4) is 0 Å². The van der Waals surface area contributed by atoms with Crippen molar-refractivity contribution in [2.45, 2.75) is 19.8 Å². The Kier molecular flexibility index (Phi) is 3.84. The molecule has 0 saturated heterocycles. The van der Waals surface area contributed by atoms with Gasteiger partial charge in [0.25, 0.3) is 0 Å². The Bertz CT molecular complexity index is 515. The molecule has 0 aliphatic carbocycles. The molecule has 0 bridgehead atoms. The van der Waals surface area contributed by atoms with E-state index in [1.807, 2.05) is 6.07 Å². The molecule has 1 aromatic heterocycles. The first-order valence-electron chi connectivity index (χ1n) is 5.96. The fourth-order valence-electron chi connectivity index (χ4n) is 2.06. The second kappa shape index (κ2) is 5.19. The lowest BCUT2D eigenvalue weighted by molar-refractivity contribution is 0.499. The minimum absolute atomic E-state index is 0.522. The van der Waals surface area contributed by atoms with E-state index in [2.05, 4.69) is 51.6 Å². The fraction of sp³-hybridized carbons (Fsp3) is 0.462. The van der Waals surface area contributed by atoms with Gasteiger partial charge in [-0.3, -0.25) is 0 Å². The highest BCUT2D eigenvalue weighted by Gasteiger charge is 2.12. The van der Waals surface area contributed by atoms with E-state index < -0.39 is 0 Å². The molecule has 1 unspecified atom stereocenters. The number of hydrogen-bond acceptors (Lipinski definition) is 2. The summed E-state index contributed by atoms with van der Waals surface area (Å²) in [5.74, 6) is 1.64. The van der Waals surface area contributed by atoms with Gasteiger partial charge >= 0.3 is 0 Å². The number of aryl methyl sites for hydroxylation is 1. The third kappa shape index (κ3) is 2.53. The SMILES string of the molecule is CCC(CN)Cc1nc2cc(Br)ccc2n1C. The molecule has 0 saturated carbocycles. The van der Waals surface area contributed by atoms with Gasteiger partial charge in [0.1, 0.15) is 5.82 Å². The van der Waals surface area contributed by atoms with Crippen LogP contribution in [-0.2, 0) is 13.5 Å². The van der Waals surface area contributed by atoms with Gasteiger partial charge in [-0.25, -0.2) is 4.98 Å². The van der Waals surface area contributed by atoms with Crippen LogP contribution >= 0.6 is 15.9 Å². The summed E-state index contributed by atoms with van der Waals surface area (Å²) in [6.07, 6.45) is 2.05. The van der Waals surface area contributed by atoms with Crippen LogP contribution in [0.1, 0.15) is 19.2 Å². The van der Waals surface area contributed by atoms with Crippen LogP contribution in [0.2, 0.25) is 0 Å². The van der Waals surface area contributed by atoms with Crippen molar-refractivity contribution in [2.75, 3.05) is 6.54 Å². The second-order valence-electron chi connectivity index (χ2n) is 4.43. The number of rotatable bonds is 4. The first kappa shape index (κ1) is 12.6. The van der Waals surface area contributed by atoms with Gasteiger partial charge in [0.15, 0.2) is 0 Å². The van der Waals surface area contributed by atoms with E-state index >= 15 is 0 Å². The Hall–Kier alpha value is -0.870. The van der Waals surface area contributed by atoms with Crippen molar-refractivity contribution in [1.82, 2.24) is 9.55 Å². The van der Waals surface area contributed by atoms with E-state index in [9.17, 15) is 0 Å². The van der Waals surface area contributed by atoms with Crippen LogP contribution in [0.15, 0.2) is 22.7 Å². The van der Waals surface area contributed by atoms with E-state index in [0.29, 0.717) is 5.92 Å². The number of benzene rings is 1. The molecule has 0 spiro atoms. The molecule has 4 heteroatoms. The fourth-order valence-corrected chi connectivity index (χ4v) is 2.41. The van der Waals surface area contributed by atoms with Crippen molar-refractivity contribution in [3.05, 3.63) is 28.5 Å². The number of hydrogen-bond donors (Lipinski definition) is 1. The van der Waals surface area contributed by atoms with E-state index in [0.717, 1.165) is 35.2 Å². The van der Waals surface area contributed by atoms with Gasteiger partial charge in [0, 0.05) is 17.9 Å². The Morgan fingerprint density at radius 2 is 2.24 bits per heavy atom. The van der Waals surface area contributed by atoms with Crippen LogP contribution < -0.4 is 5.73 Å². The molecular weight excluding hydrogens is 278 g/mol. The molecule has 1 heterocycles. The van der Waals surface area contributed by atoms with Crippen molar-refractivity contribution in [2.24, 2.45) is 18.7 Å². The van der Waals surface area contributed by atoms with Crippen LogP contribution in [0.3, 0.4) is 0 Å². The van der Waals surface area contributed by atoms with Crippen LogP contribution in [0.4, 0.5) is 0 Å². The molecule has 17 heavy (non-hydrogen) atoms. The number of fused-ring (bicyclic) bond motifs is 1. The average molecular weight is 296 g/mol. The zero-order chi connectivity index (χ0) is 12.4. The number of aromatic nitrogens is 2. The summed E-state index contributed by atoms with van der Waals surface area (Å²) in [7, 11) is 2.07. The van der Waals surface area contributed by atoms with Crippen molar-refractivity contribution in [1.29, 1.82) is 0 Å². The zero-order valence-corrected chi connectivity index (χ0v) is 11.9. The lowest BCUT2D eigenvalue weighted by atomic mass is 10.0. The molecule has 0 amide bonds. The summed E-state index contributed by atoms with van der Waals surface area (Å²) in [5, 5.41) is 0.